The monoisotopic (exact) mass is 478 g/mol. The summed E-state index contributed by atoms with van der Waals surface area (Å²) in [5.74, 6) is 3.35. The molecule has 3 aromatic rings. The van der Waals surface area contributed by atoms with Crippen molar-refractivity contribution in [1.82, 2.24) is 25.2 Å². The molecule has 1 saturated heterocycles. The highest BCUT2D eigenvalue weighted by molar-refractivity contribution is 8.02. The molecule has 3 heterocycles. The van der Waals surface area contributed by atoms with Gasteiger partial charge in [0.05, 0.1) is 23.3 Å². The van der Waals surface area contributed by atoms with Crippen molar-refractivity contribution in [1.29, 1.82) is 0 Å². The molecule has 1 aromatic carbocycles. The lowest BCUT2D eigenvalue weighted by molar-refractivity contribution is -0.117. The van der Waals surface area contributed by atoms with Crippen LogP contribution in [0.25, 0.3) is 11.0 Å². The van der Waals surface area contributed by atoms with Gasteiger partial charge in [-0.2, -0.15) is 0 Å². The molecule has 2 aliphatic rings. The minimum Gasteiger partial charge on any atom is -0.345 e. The minimum atomic E-state index is -0.443. The third kappa shape index (κ3) is 5.05. The van der Waals surface area contributed by atoms with E-state index in [0.717, 1.165) is 60.5 Å². The number of benzene rings is 1. The smallest absolute Gasteiger partial charge is 0.270 e. The van der Waals surface area contributed by atoms with Gasteiger partial charge in [0.15, 0.2) is 0 Å². The molecule has 34 heavy (non-hydrogen) atoms. The highest BCUT2D eigenvalue weighted by Crippen LogP contribution is 2.53. The molecule has 176 valence electrons. The number of piperidine rings is 1. The van der Waals surface area contributed by atoms with Gasteiger partial charge in [-0.3, -0.25) is 14.8 Å². The van der Waals surface area contributed by atoms with Crippen LogP contribution in [0, 0.1) is 23.6 Å². The molecule has 5 rings (SSSR count). The number of aromatic amines is 1. The molecule has 2 fully saturated rings. The first kappa shape index (κ1) is 22.7. The largest absolute Gasteiger partial charge is 0.345 e. The Hall–Kier alpha value is -3.04. The van der Waals surface area contributed by atoms with Gasteiger partial charge in [-0.15, -0.1) is 11.8 Å². The predicted molar refractivity (Wildman–Crippen MR) is 133 cm³/mol. The molecule has 2 unspecified atom stereocenters. The molecule has 1 saturated carbocycles. The fourth-order valence-corrected chi connectivity index (χ4v) is 5.91. The summed E-state index contributed by atoms with van der Waals surface area (Å²) < 4.78 is 13.7. The summed E-state index contributed by atoms with van der Waals surface area (Å²) in [6.07, 6.45) is 2.43. The van der Waals surface area contributed by atoms with Gasteiger partial charge in [-0.1, -0.05) is 12.1 Å². The summed E-state index contributed by atoms with van der Waals surface area (Å²) in [5.41, 5.74) is 2.57. The number of likely N-dealkylation sites (tertiary alicyclic amines) is 1. The molecular formula is C25H27FN6OS. The SMILES string of the molecule is C=N/C(=C\SCC1C2CN(CCc3nc4ccccc4[nH]3)CC12)C(=O)NCc1ncccc1F. The number of fused-ring (bicyclic) bond motifs is 2. The van der Waals surface area contributed by atoms with Crippen molar-refractivity contribution < 1.29 is 9.18 Å². The zero-order valence-electron chi connectivity index (χ0n) is 18.8. The number of nitrogens with zero attached hydrogens (tertiary/aromatic N) is 4. The third-order valence-electron chi connectivity index (χ3n) is 6.69. The van der Waals surface area contributed by atoms with Gasteiger partial charge < -0.3 is 15.2 Å². The lowest BCUT2D eigenvalue weighted by Crippen LogP contribution is -2.27. The number of halogens is 1. The van der Waals surface area contributed by atoms with Gasteiger partial charge in [-0.25, -0.2) is 9.37 Å². The standard InChI is InChI=1S/C25H27FN6OS/c1-27-23(25(33)29-11-22-19(26)5-4-9-28-22)15-34-14-18-16-12-32(13-17(16)18)10-8-24-30-20-6-2-3-7-21(20)31-24/h2-7,9,15-18H,1,8,10-14H2,(H,29,33)(H,30,31)/b23-15-. The normalized spacial score (nSPS) is 22.0. The van der Waals surface area contributed by atoms with Crippen LogP contribution in [0.3, 0.4) is 0 Å². The Morgan fingerprint density at radius 1 is 1.29 bits per heavy atom. The number of nitrogens with one attached hydrogen (secondary N) is 2. The number of rotatable bonds is 10. The highest BCUT2D eigenvalue weighted by atomic mass is 32.2. The fraction of sp³-hybridized carbons (Fsp3) is 0.360. The van der Waals surface area contributed by atoms with Crippen LogP contribution in [0.1, 0.15) is 11.5 Å². The first-order valence-corrected chi connectivity index (χ1v) is 12.5. The molecule has 1 aliphatic heterocycles. The Morgan fingerprint density at radius 3 is 2.88 bits per heavy atom. The van der Waals surface area contributed by atoms with Crippen LogP contribution in [0.2, 0.25) is 0 Å². The maximum Gasteiger partial charge on any atom is 0.270 e. The van der Waals surface area contributed by atoms with Crippen molar-refractivity contribution in [3.05, 3.63) is 71.0 Å². The molecule has 2 N–H and O–H groups in total. The molecule has 1 amide bonds. The second-order valence-electron chi connectivity index (χ2n) is 8.81. The van der Waals surface area contributed by atoms with E-state index in [1.807, 2.05) is 18.2 Å². The number of hydrogen-bond donors (Lipinski definition) is 2. The van der Waals surface area contributed by atoms with E-state index < -0.39 is 5.82 Å². The zero-order valence-corrected chi connectivity index (χ0v) is 19.6. The second kappa shape index (κ2) is 10.1. The summed E-state index contributed by atoms with van der Waals surface area (Å²) in [7, 11) is 0. The average molecular weight is 479 g/mol. The van der Waals surface area contributed by atoms with Gasteiger partial charge in [0.25, 0.3) is 5.91 Å². The number of amides is 1. The van der Waals surface area contributed by atoms with Crippen LogP contribution in [-0.2, 0) is 17.8 Å². The number of thioether (sulfide) groups is 1. The number of H-pyrrole nitrogens is 1. The van der Waals surface area contributed by atoms with Crippen molar-refractivity contribution in [3.8, 4) is 0 Å². The molecule has 7 nitrogen and oxygen atoms in total. The topological polar surface area (TPSA) is 86.3 Å². The number of carbonyl (C=O) groups excluding carboxylic acids is 1. The van der Waals surface area contributed by atoms with Crippen LogP contribution in [0.4, 0.5) is 4.39 Å². The molecule has 0 spiro atoms. The van der Waals surface area contributed by atoms with Crippen molar-refractivity contribution >= 4 is 35.4 Å². The maximum absolute atomic E-state index is 13.7. The number of hydrogen-bond acceptors (Lipinski definition) is 6. The van der Waals surface area contributed by atoms with Crippen LogP contribution < -0.4 is 5.32 Å². The molecular weight excluding hydrogens is 451 g/mol. The summed E-state index contributed by atoms with van der Waals surface area (Å²) in [4.78, 5) is 30.7. The van der Waals surface area contributed by atoms with Crippen LogP contribution in [-0.4, -0.2) is 57.9 Å². The van der Waals surface area contributed by atoms with Gasteiger partial charge in [0, 0.05) is 43.4 Å². The quantitative estimate of drug-likeness (QED) is 0.345. The number of imidazole rings is 1. The average Bonchev–Trinajstić information content (AvgIpc) is 3.17. The van der Waals surface area contributed by atoms with Crippen molar-refractivity contribution in [2.75, 3.05) is 25.4 Å². The van der Waals surface area contributed by atoms with E-state index >= 15 is 0 Å². The van der Waals surface area contributed by atoms with Crippen LogP contribution in [0.5, 0.6) is 0 Å². The first-order chi connectivity index (χ1) is 16.6. The molecule has 0 radical (unpaired) electrons. The van der Waals surface area contributed by atoms with Gasteiger partial charge >= 0.3 is 0 Å². The minimum absolute atomic E-state index is 0.0136. The number of carbonyl (C=O) groups is 1. The van der Waals surface area contributed by atoms with E-state index in [4.69, 9.17) is 0 Å². The number of para-hydroxylation sites is 2. The Bertz CT molecular complexity index is 1180. The van der Waals surface area contributed by atoms with Gasteiger partial charge in [-0.05, 0) is 48.7 Å². The van der Waals surface area contributed by atoms with Gasteiger partial charge in [0.2, 0.25) is 0 Å². The summed E-state index contributed by atoms with van der Waals surface area (Å²) in [6, 6.07) is 11.0. The first-order valence-electron chi connectivity index (χ1n) is 11.4. The molecule has 9 heteroatoms. The summed E-state index contributed by atoms with van der Waals surface area (Å²) >= 11 is 1.60. The van der Waals surface area contributed by atoms with Crippen molar-refractivity contribution in [2.24, 2.45) is 22.7 Å². The summed E-state index contributed by atoms with van der Waals surface area (Å²) in [5, 5.41) is 4.41. The highest BCUT2D eigenvalue weighted by Gasteiger charge is 2.54. The van der Waals surface area contributed by atoms with Crippen LogP contribution in [0.15, 0.2) is 58.7 Å². The van der Waals surface area contributed by atoms with Gasteiger partial charge in [0.1, 0.15) is 17.3 Å². The molecule has 1 aliphatic carbocycles. The Labute approximate surface area is 202 Å². The van der Waals surface area contributed by atoms with Crippen molar-refractivity contribution in [3.63, 3.8) is 0 Å². The van der Waals surface area contributed by atoms with Crippen LogP contribution >= 0.6 is 11.8 Å². The summed E-state index contributed by atoms with van der Waals surface area (Å²) in [6.45, 7) is 6.79. The van der Waals surface area contributed by atoms with E-state index in [-0.39, 0.29) is 23.8 Å². The molecule has 0 bridgehead atoms. The second-order valence-corrected chi connectivity index (χ2v) is 9.71. The molecule has 2 atom stereocenters. The number of pyridine rings is 1. The predicted octanol–water partition coefficient (Wildman–Crippen LogP) is 3.41. The number of aromatic nitrogens is 3. The maximum atomic E-state index is 13.7. The lowest BCUT2D eigenvalue weighted by Gasteiger charge is -2.18. The van der Waals surface area contributed by atoms with E-state index in [1.165, 1.54) is 18.3 Å². The Balaban J connectivity index is 1.03. The van der Waals surface area contributed by atoms with E-state index in [9.17, 15) is 9.18 Å². The molecule has 2 aromatic heterocycles. The van der Waals surface area contributed by atoms with E-state index in [2.05, 4.69) is 42.9 Å². The Morgan fingerprint density at radius 2 is 2.12 bits per heavy atom. The van der Waals surface area contributed by atoms with E-state index in [0.29, 0.717) is 5.92 Å². The zero-order chi connectivity index (χ0) is 23.5. The number of aliphatic imine (C=N–C) groups is 1. The third-order valence-corrected chi connectivity index (χ3v) is 7.66. The van der Waals surface area contributed by atoms with Crippen molar-refractivity contribution in [2.45, 2.75) is 13.0 Å². The lowest BCUT2D eigenvalue weighted by atomic mass is 10.3. The Kier molecular flexibility index (Phi) is 6.73. The fourth-order valence-electron chi connectivity index (χ4n) is 4.76. The van der Waals surface area contributed by atoms with E-state index in [1.54, 1.807) is 17.2 Å².